The van der Waals surface area contributed by atoms with Crippen molar-refractivity contribution in [3.8, 4) is 10.6 Å². The molecule has 2 heterocycles. The summed E-state index contributed by atoms with van der Waals surface area (Å²) in [6.07, 6.45) is 4.75. The first-order valence-electron chi connectivity index (χ1n) is 4.87. The molecule has 0 saturated heterocycles. The second-order valence-electron chi connectivity index (χ2n) is 3.43. The molecule has 9 heteroatoms. The fourth-order valence-corrected chi connectivity index (χ4v) is 2.56. The topological polar surface area (TPSA) is 84.0 Å². The van der Waals surface area contributed by atoms with Gasteiger partial charge in [0.15, 0.2) is 12.7 Å². The van der Waals surface area contributed by atoms with Crippen molar-refractivity contribution in [2.75, 3.05) is 5.75 Å². The van der Waals surface area contributed by atoms with Crippen molar-refractivity contribution in [3.05, 3.63) is 29.0 Å². The van der Waals surface area contributed by atoms with Crippen LogP contribution in [0.3, 0.4) is 0 Å². The van der Waals surface area contributed by atoms with E-state index < -0.39 is 10.1 Å². The highest BCUT2D eigenvalue weighted by Gasteiger charge is 2.12. The quantitative estimate of drug-likeness (QED) is 0.674. The van der Waals surface area contributed by atoms with Crippen molar-refractivity contribution in [1.82, 2.24) is 10.1 Å². The number of aromatic nitrogens is 3. The van der Waals surface area contributed by atoms with Gasteiger partial charge in [0.25, 0.3) is 10.1 Å². The van der Waals surface area contributed by atoms with E-state index in [4.69, 9.17) is 16.2 Å². The predicted molar refractivity (Wildman–Crippen MR) is 67.0 cm³/mol. The lowest BCUT2D eigenvalue weighted by molar-refractivity contribution is -0.750. The maximum atomic E-state index is 10.6. The van der Waals surface area contributed by atoms with E-state index in [1.54, 1.807) is 24.7 Å². The third-order valence-corrected chi connectivity index (χ3v) is 3.94. The molecule has 2 rings (SSSR count). The summed E-state index contributed by atoms with van der Waals surface area (Å²) in [6, 6.07) is 1.76. The molecule has 0 bridgehead atoms. The summed E-state index contributed by atoms with van der Waals surface area (Å²) in [7, 11) is -3.97. The number of hydrogen-bond acceptors (Lipinski definition) is 5. The zero-order valence-electron chi connectivity index (χ0n) is 9.02. The van der Waals surface area contributed by atoms with Crippen LogP contribution in [0.5, 0.6) is 0 Å². The molecule has 0 spiro atoms. The van der Waals surface area contributed by atoms with Crippen LogP contribution in [0, 0.1) is 0 Å². The van der Waals surface area contributed by atoms with Gasteiger partial charge in [0.05, 0.1) is 6.20 Å². The Hall–Kier alpha value is -1.09. The molecular weight excluding hydrogens is 298 g/mol. The van der Waals surface area contributed by atoms with Gasteiger partial charge in [-0.2, -0.15) is 8.42 Å². The van der Waals surface area contributed by atoms with Gasteiger partial charge in [-0.1, -0.05) is 16.3 Å². The fraction of sp³-hybridized carbons (Fsp3) is 0.222. The van der Waals surface area contributed by atoms with E-state index in [2.05, 4.69) is 10.1 Å². The van der Waals surface area contributed by atoms with Gasteiger partial charge in [-0.15, -0.1) is 11.3 Å². The fourth-order valence-electron chi connectivity index (χ4n) is 1.24. The first kappa shape index (κ1) is 13.3. The average Bonchev–Trinajstić information content (AvgIpc) is 2.73. The lowest BCUT2D eigenvalue weighted by Crippen LogP contribution is -2.40. The van der Waals surface area contributed by atoms with Crippen LogP contribution >= 0.6 is 22.9 Å². The van der Waals surface area contributed by atoms with E-state index in [0.29, 0.717) is 4.34 Å². The molecule has 6 nitrogen and oxygen atoms in total. The highest BCUT2D eigenvalue weighted by Crippen LogP contribution is 2.26. The van der Waals surface area contributed by atoms with Gasteiger partial charge in [-0.25, -0.2) is 4.98 Å². The van der Waals surface area contributed by atoms with Crippen molar-refractivity contribution in [2.45, 2.75) is 6.54 Å². The van der Waals surface area contributed by atoms with Gasteiger partial charge in [-0.3, -0.25) is 4.55 Å². The minimum absolute atomic E-state index is 0.0950. The first-order valence-corrected chi connectivity index (χ1v) is 7.67. The average molecular weight is 307 g/mol. The Morgan fingerprint density at radius 1 is 1.44 bits per heavy atom. The van der Waals surface area contributed by atoms with Crippen molar-refractivity contribution in [1.29, 1.82) is 0 Å². The van der Waals surface area contributed by atoms with Gasteiger partial charge in [-0.05, 0) is 5.10 Å². The number of aryl methyl sites for hydroxylation is 1. The summed E-state index contributed by atoms with van der Waals surface area (Å²) in [5.74, 6) is -0.368. The maximum absolute atomic E-state index is 10.6. The minimum Gasteiger partial charge on any atom is -0.285 e. The van der Waals surface area contributed by atoms with Crippen LogP contribution in [0.25, 0.3) is 10.6 Å². The maximum Gasteiger partial charge on any atom is 0.271 e. The normalized spacial score (nSPS) is 11.7. The molecule has 2 aromatic heterocycles. The molecule has 96 valence electrons. The molecule has 0 unspecified atom stereocenters. The van der Waals surface area contributed by atoms with Crippen molar-refractivity contribution < 1.29 is 17.7 Å². The summed E-state index contributed by atoms with van der Waals surface area (Å²) in [6.45, 7) is 0.0950. The van der Waals surface area contributed by atoms with Gasteiger partial charge in [0.2, 0.25) is 0 Å². The number of hydrogen-bond donors (Lipinski definition) is 1. The highest BCUT2D eigenvalue weighted by atomic mass is 35.5. The van der Waals surface area contributed by atoms with Gasteiger partial charge in [0, 0.05) is 11.6 Å². The molecule has 0 aliphatic heterocycles. The molecule has 0 saturated carbocycles. The number of thiazole rings is 1. The first-order chi connectivity index (χ1) is 8.44. The zero-order valence-corrected chi connectivity index (χ0v) is 11.4. The highest BCUT2D eigenvalue weighted by molar-refractivity contribution is 7.85. The van der Waals surface area contributed by atoms with E-state index in [1.807, 2.05) is 0 Å². The second kappa shape index (κ2) is 5.27. The minimum atomic E-state index is -3.97. The van der Waals surface area contributed by atoms with Crippen LogP contribution in [0.15, 0.2) is 24.7 Å². The van der Waals surface area contributed by atoms with Gasteiger partial charge < -0.3 is 0 Å². The standard InChI is InChI=1S/C9H8ClN3O3S2/c10-8-6-11-9(17-8)7-1-2-13(12-5-7)3-4-18(14,15)16/h1-2,5-6H,3-4H2/p+1. The van der Waals surface area contributed by atoms with Crippen molar-refractivity contribution >= 4 is 33.1 Å². The molecule has 1 N–H and O–H groups in total. The summed E-state index contributed by atoms with van der Waals surface area (Å²) < 4.78 is 31.8. The summed E-state index contributed by atoms with van der Waals surface area (Å²) >= 11 is 7.11. The summed E-state index contributed by atoms with van der Waals surface area (Å²) in [5.41, 5.74) is 0.801. The Kier molecular flexibility index (Phi) is 3.91. The van der Waals surface area contributed by atoms with Crippen LogP contribution in [-0.4, -0.2) is 28.8 Å². The van der Waals surface area contributed by atoms with Crippen LogP contribution < -0.4 is 4.68 Å². The Labute approximate surface area is 113 Å². The molecule has 18 heavy (non-hydrogen) atoms. The Balaban J connectivity index is 2.10. The number of rotatable bonds is 4. The molecule has 0 aliphatic carbocycles. The monoisotopic (exact) mass is 306 g/mol. The van der Waals surface area contributed by atoms with Gasteiger partial charge in [0.1, 0.15) is 21.3 Å². The molecular formula is C9H9ClN3O3S2+. The van der Waals surface area contributed by atoms with Crippen molar-refractivity contribution in [3.63, 3.8) is 0 Å². The smallest absolute Gasteiger partial charge is 0.271 e. The second-order valence-corrected chi connectivity index (χ2v) is 6.67. The van der Waals surface area contributed by atoms with Crippen LogP contribution in [0.2, 0.25) is 4.34 Å². The van der Waals surface area contributed by atoms with Crippen LogP contribution in [0.4, 0.5) is 0 Å². The van der Waals surface area contributed by atoms with Crippen LogP contribution in [-0.2, 0) is 16.7 Å². The third kappa shape index (κ3) is 3.70. The molecule has 0 aromatic carbocycles. The zero-order chi connectivity index (χ0) is 13.2. The molecule has 0 aliphatic rings. The van der Waals surface area contributed by atoms with Gasteiger partial charge >= 0.3 is 0 Å². The molecule has 0 atom stereocenters. The lowest BCUT2D eigenvalue weighted by atomic mass is 10.3. The Bertz CT molecular complexity index is 639. The molecule has 0 fully saturated rings. The van der Waals surface area contributed by atoms with E-state index in [1.165, 1.54) is 16.0 Å². The SMILES string of the molecule is O=S(=O)(O)CC[n+]1ccc(-c2ncc(Cl)s2)cn1. The van der Waals surface area contributed by atoms with Crippen LogP contribution in [0.1, 0.15) is 0 Å². The Morgan fingerprint density at radius 2 is 2.22 bits per heavy atom. The number of halogens is 1. The lowest BCUT2D eigenvalue weighted by Gasteiger charge is -1.95. The largest absolute Gasteiger partial charge is 0.285 e. The van der Waals surface area contributed by atoms with E-state index >= 15 is 0 Å². The summed E-state index contributed by atoms with van der Waals surface area (Å²) in [5, 5.41) is 4.78. The van der Waals surface area contributed by atoms with Crippen molar-refractivity contribution in [2.24, 2.45) is 0 Å². The van der Waals surface area contributed by atoms with E-state index in [0.717, 1.165) is 10.6 Å². The number of nitrogens with zero attached hydrogens (tertiary/aromatic N) is 3. The van der Waals surface area contributed by atoms with E-state index in [9.17, 15) is 8.42 Å². The predicted octanol–water partition coefficient (Wildman–Crippen LogP) is 1.03. The third-order valence-electron chi connectivity index (χ3n) is 2.07. The Morgan fingerprint density at radius 3 is 2.72 bits per heavy atom. The van der Waals surface area contributed by atoms with E-state index in [-0.39, 0.29) is 12.3 Å². The molecule has 0 amide bonds. The summed E-state index contributed by atoms with van der Waals surface area (Å²) in [4.78, 5) is 4.10. The molecule has 0 radical (unpaired) electrons. The molecule has 2 aromatic rings.